The summed E-state index contributed by atoms with van der Waals surface area (Å²) in [6, 6.07) is 9.69. The zero-order chi connectivity index (χ0) is 22.2. The fourth-order valence-electron chi connectivity index (χ4n) is 3.43. The Hall–Kier alpha value is -3.09. The van der Waals surface area contributed by atoms with Gasteiger partial charge >= 0.3 is 6.03 Å². The molecule has 3 amide bonds. The standard InChI is InChI=1S/C22H26N4O4S/c1-29-11-9-24-22(28)26-10-8-17-18(13-23)21(31-19(17)14-26)25-20(27)7-6-15-4-3-5-16(12-15)30-2/h3-5,12H,6-11,14H2,1-2H3,(H,24,28)(H,25,27). The number of hydrogen-bond acceptors (Lipinski definition) is 6. The Balaban J connectivity index is 1.62. The summed E-state index contributed by atoms with van der Waals surface area (Å²) in [4.78, 5) is 27.5. The van der Waals surface area contributed by atoms with Gasteiger partial charge < -0.3 is 25.0 Å². The van der Waals surface area contributed by atoms with E-state index >= 15 is 0 Å². The molecule has 164 valence electrons. The lowest BCUT2D eigenvalue weighted by Gasteiger charge is -2.27. The van der Waals surface area contributed by atoms with Crippen LogP contribution in [0.2, 0.25) is 0 Å². The molecule has 1 aromatic heterocycles. The summed E-state index contributed by atoms with van der Waals surface area (Å²) in [6.07, 6.45) is 1.46. The van der Waals surface area contributed by atoms with E-state index in [1.165, 1.54) is 11.3 Å². The summed E-state index contributed by atoms with van der Waals surface area (Å²) in [6.45, 7) is 1.85. The van der Waals surface area contributed by atoms with Crippen LogP contribution < -0.4 is 15.4 Å². The highest BCUT2D eigenvalue weighted by Crippen LogP contribution is 2.36. The van der Waals surface area contributed by atoms with Crippen LogP contribution in [0.25, 0.3) is 0 Å². The number of carbonyl (C=O) groups is 2. The molecule has 0 saturated heterocycles. The van der Waals surface area contributed by atoms with Gasteiger partial charge in [0.2, 0.25) is 5.91 Å². The Morgan fingerprint density at radius 3 is 2.90 bits per heavy atom. The predicted molar refractivity (Wildman–Crippen MR) is 118 cm³/mol. The lowest BCUT2D eigenvalue weighted by molar-refractivity contribution is -0.116. The van der Waals surface area contributed by atoms with Crippen molar-refractivity contribution in [1.29, 1.82) is 5.26 Å². The molecule has 0 bridgehead atoms. The Labute approximate surface area is 185 Å². The van der Waals surface area contributed by atoms with Crippen LogP contribution >= 0.6 is 11.3 Å². The van der Waals surface area contributed by atoms with Crippen molar-refractivity contribution >= 4 is 28.3 Å². The number of methoxy groups -OCH3 is 2. The van der Waals surface area contributed by atoms with E-state index in [2.05, 4.69) is 16.7 Å². The molecular formula is C22H26N4O4S. The van der Waals surface area contributed by atoms with Crippen LogP contribution in [0.1, 0.15) is 28.0 Å². The maximum Gasteiger partial charge on any atom is 0.317 e. The number of aryl methyl sites for hydroxylation is 1. The quantitative estimate of drug-likeness (QED) is 0.612. The molecule has 0 unspecified atom stereocenters. The molecule has 2 N–H and O–H groups in total. The molecule has 9 heteroatoms. The molecule has 1 aliphatic rings. The minimum absolute atomic E-state index is 0.146. The van der Waals surface area contributed by atoms with E-state index in [9.17, 15) is 14.9 Å². The summed E-state index contributed by atoms with van der Waals surface area (Å²) in [5, 5.41) is 15.9. The minimum Gasteiger partial charge on any atom is -0.497 e. The van der Waals surface area contributed by atoms with Crippen molar-refractivity contribution < 1.29 is 19.1 Å². The zero-order valence-corrected chi connectivity index (χ0v) is 18.5. The molecule has 0 radical (unpaired) electrons. The molecule has 0 spiro atoms. The number of nitriles is 1. The molecule has 3 rings (SSSR count). The highest BCUT2D eigenvalue weighted by Gasteiger charge is 2.27. The van der Waals surface area contributed by atoms with Gasteiger partial charge in [0.1, 0.15) is 16.8 Å². The second-order valence-corrected chi connectivity index (χ2v) is 8.22. The van der Waals surface area contributed by atoms with Gasteiger partial charge in [-0.15, -0.1) is 11.3 Å². The molecule has 0 saturated carbocycles. The summed E-state index contributed by atoms with van der Waals surface area (Å²) in [5.41, 5.74) is 2.45. The predicted octanol–water partition coefficient (Wildman–Crippen LogP) is 2.91. The monoisotopic (exact) mass is 442 g/mol. The number of hydrogen-bond donors (Lipinski definition) is 2. The fraction of sp³-hybridized carbons (Fsp3) is 0.409. The smallest absolute Gasteiger partial charge is 0.317 e. The first-order valence-corrected chi connectivity index (χ1v) is 10.9. The number of benzene rings is 1. The second-order valence-electron chi connectivity index (χ2n) is 7.12. The van der Waals surface area contributed by atoms with Crippen molar-refractivity contribution in [2.75, 3.05) is 39.2 Å². The molecule has 8 nitrogen and oxygen atoms in total. The van der Waals surface area contributed by atoms with E-state index in [-0.39, 0.29) is 11.9 Å². The SMILES string of the molecule is COCCNC(=O)N1CCc2c(sc(NC(=O)CCc3cccc(OC)c3)c2C#N)C1. The van der Waals surface area contributed by atoms with Crippen LogP contribution in [0, 0.1) is 11.3 Å². The highest BCUT2D eigenvalue weighted by atomic mass is 32.1. The van der Waals surface area contributed by atoms with Gasteiger partial charge in [-0.05, 0) is 36.1 Å². The van der Waals surface area contributed by atoms with Gasteiger partial charge in [0.15, 0.2) is 0 Å². The van der Waals surface area contributed by atoms with Crippen molar-refractivity contribution in [2.45, 2.75) is 25.8 Å². The maximum atomic E-state index is 12.5. The van der Waals surface area contributed by atoms with E-state index < -0.39 is 0 Å². The van der Waals surface area contributed by atoms with Gasteiger partial charge in [0.05, 0.1) is 25.8 Å². The minimum atomic E-state index is -0.154. The molecule has 0 fully saturated rings. The van der Waals surface area contributed by atoms with Gasteiger partial charge in [-0.2, -0.15) is 5.26 Å². The lowest BCUT2D eigenvalue weighted by atomic mass is 10.0. The average Bonchev–Trinajstić information content (AvgIpc) is 3.13. The zero-order valence-electron chi connectivity index (χ0n) is 17.7. The third-order valence-electron chi connectivity index (χ3n) is 5.07. The van der Waals surface area contributed by atoms with Crippen molar-refractivity contribution in [2.24, 2.45) is 0 Å². The highest BCUT2D eigenvalue weighted by molar-refractivity contribution is 7.16. The Kier molecular flexibility index (Phi) is 7.87. The number of ether oxygens (including phenoxy) is 2. The second kappa shape index (κ2) is 10.8. The number of urea groups is 1. The summed E-state index contributed by atoms with van der Waals surface area (Å²) in [7, 11) is 3.19. The summed E-state index contributed by atoms with van der Waals surface area (Å²) in [5.74, 6) is 0.610. The van der Waals surface area contributed by atoms with Crippen molar-refractivity contribution in [3.8, 4) is 11.8 Å². The van der Waals surface area contributed by atoms with Crippen LogP contribution in [0.15, 0.2) is 24.3 Å². The van der Waals surface area contributed by atoms with Crippen LogP contribution in [0.5, 0.6) is 5.75 Å². The van der Waals surface area contributed by atoms with Crippen LogP contribution in [-0.2, 0) is 28.9 Å². The van der Waals surface area contributed by atoms with E-state index in [1.807, 2.05) is 24.3 Å². The van der Waals surface area contributed by atoms with Crippen LogP contribution in [-0.4, -0.2) is 50.8 Å². The number of thiophene rings is 1. The molecular weight excluding hydrogens is 416 g/mol. The number of fused-ring (bicyclic) bond motifs is 1. The Bertz CT molecular complexity index is 982. The normalized spacial score (nSPS) is 12.6. The summed E-state index contributed by atoms with van der Waals surface area (Å²) >= 11 is 1.37. The number of anilines is 1. The molecule has 1 aliphatic heterocycles. The summed E-state index contributed by atoms with van der Waals surface area (Å²) < 4.78 is 10.2. The maximum absolute atomic E-state index is 12.5. The molecule has 31 heavy (non-hydrogen) atoms. The average molecular weight is 443 g/mol. The topological polar surface area (TPSA) is 104 Å². The van der Waals surface area contributed by atoms with E-state index in [1.54, 1.807) is 19.1 Å². The number of nitrogens with zero attached hydrogens (tertiary/aromatic N) is 2. The van der Waals surface area contributed by atoms with Crippen molar-refractivity contribution in [3.63, 3.8) is 0 Å². The first kappa shape index (κ1) is 22.6. The van der Waals surface area contributed by atoms with E-state index in [0.717, 1.165) is 21.8 Å². The third kappa shape index (κ3) is 5.75. The molecule has 2 aromatic rings. The van der Waals surface area contributed by atoms with Crippen molar-refractivity contribution in [1.82, 2.24) is 10.2 Å². The van der Waals surface area contributed by atoms with Gasteiger partial charge in [0.25, 0.3) is 0 Å². The van der Waals surface area contributed by atoms with Gasteiger partial charge in [-0.3, -0.25) is 4.79 Å². The number of nitrogens with one attached hydrogen (secondary N) is 2. The third-order valence-corrected chi connectivity index (χ3v) is 6.20. The van der Waals surface area contributed by atoms with Gasteiger partial charge in [-0.1, -0.05) is 12.1 Å². The van der Waals surface area contributed by atoms with Crippen molar-refractivity contribution in [3.05, 3.63) is 45.8 Å². The Morgan fingerprint density at radius 2 is 2.16 bits per heavy atom. The molecule has 0 atom stereocenters. The van der Waals surface area contributed by atoms with Crippen LogP contribution in [0.4, 0.5) is 9.80 Å². The molecule has 0 aliphatic carbocycles. The number of rotatable bonds is 8. The first-order chi connectivity index (χ1) is 15.0. The largest absolute Gasteiger partial charge is 0.497 e. The number of amides is 3. The van der Waals surface area contributed by atoms with Gasteiger partial charge in [0, 0.05) is 31.5 Å². The molecule has 2 heterocycles. The molecule has 1 aromatic carbocycles. The van der Waals surface area contributed by atoms with Gasteiger partial charge in [-0.25, -0.2) is 4.79 Å². The fourth-order valence-corrected chi connectivity index (χ4v) is 4.66. The van der Waals surface area contributed by atoms with E-state index in [4.69, 9.17) is 9.47 Å². The lowest BCUT2D eigenvalue weighted by Crippen LogP contribution is -2.43. The number of carbonyl (C=O) groups excluding carboxylic acids is 2. The Morgan fingerprint density at radius 1 is 1.32 bits per heavy atom. The van der Waals surface area contributed by atoms with Crippen LogP contribution in [0.3, 0.4) is 0 Å². The first-order valence-electron chi connectivity index (χ1n) is 10.0. The van der Waals surface area contributed by atoms with E-state index in [0.29, 0.717) is 56.1 Å².